The maximum Gasteiger partial charge on any atom is 1.00 e. The molecule has 0 aliphatic heterocycles. The number of ketones is 1. The van der Waals surface area contributed by atoms with E-state index in [4.69, 9.17) is 0 Å². The summed E-state index contributed by atoms with van der Waals surface area (Å²) in [6.45, 7) is 4.78. The smallest absolute Gasteiger partial charge is 1.00 e. The van der Waals surface area contributed by atoms with E-state index in [-0.39, 0.29) is 42.5 Å². The first-order valence-corrected chi connectivity index (χ1v) is 9.16. The third kappa shape index (κ3) is 2.31. The second-order valence-corrected chi connectivity index (χ2v) is 9.00. The minimum atomic E-state index is -0.0541. The number of aliphatic hydroxyl groups excluding tert-OH is 1. The number of Topliss-reactive ketones (excluding diaryl/α,β-unsaturated/α-hetero) is 1. The molecule has 120 valence electrons. The van der Waals surface area contributed by atoms with E-state index in [1.54, 1.807) is 0 Å². The van der Waals surface area contributed by atoms with Crippen molar-refractivity contribution in [2.75, 3.05) is 0 Å². The molecule has 4 saturated carbocycles. The molecule has 4 aliphatic rings. The molecule has 4 aliphatic carbocycles. The van der Waals surface area contributed by atoms with E-state index in [1.165, 1.54) is 25.7 Å². The van der Waals surface area contributed by atoms with Gasteiger partial charge in [-0.25, -0.2) is 0 Å². The van der Waals surface area contributed by atoms with Gasteiger partial charge < -0.3 is 6.53 Å². The maximum atomic E-state index is 12.4. The summed E-state index contributed by atoms with van der Waals surface area (Å²) in [7, 11) is 0. The van der Waals surface area contributed by atoms with Gasteiger partial charge in [0.2, 0.25) is 0 Å². The van der Waals surface area contributed by atoms with E-state index >= 15 is 0 Å². The molecule has 1 N–H and O–H groups in total. The molecule has 0 heterocycles. The summed E-state index contributed by atoms with van der Waals surface area (Å²) in [6.07, 6.45) is 10.1. The molecule has 0 aromatic rings. The van der Waals surface area contributed by atoms with Crippen LogP contribution in [0.4, 0.5) is 0 Å². The van der Waals surface area contributed by atoms with Crippen molar-refractivity contribution in [3.63, 3.8) is 0 Å². The Morgan fingerprint density at radius 1 is 1.05 bits per heavy atom. The van der Waals surface area contributed by atoms with Gasteiger partial charge in [0, 0.05) is 11.8 Å². The fraction of sp³-hybridized carbons (Fsp3) is 0.947. The fourth-order valence-corrected chi connectivity index (χ4v) is 7.01. The van der Waals surface area contributed by atoms with Crippen LogP contribution in [-0.4, -0.2) is 17.0 Å². The van der Waals surface area contributed by atoms with Gasteiger partial charge in [-0.3, -0.25) is 4.79 Å². The van der Waals surface area contributed by atoms with E-state index in [9.17, 15) is 9.90 Å². The molecule has 2 nitrogen and oxygen atoms in total. The van der Waals surface area contributed by atoms with Gasteiger partial charge in [0.25, 0.3) is 0 Å². The third-order valence-electron chi connectivity index (χ3n) is 8.35. The average molecular weight is 314 g/mol. The van der Waals surface area contributed by atoms with Crippen LogP contribution in [0.25, 0.3) is 0 Å². The van der Waals surface area contributed by atoms with Crippen molar-refractivity contribution >= 4 is 5.78 Å². The van der Waals surface area contributed by atoms with E-state index in [2.05, 4.69) is 13.8 Å². The number of hydrogen-bond acceptors (Lipinski definition) is 2. The topological polar surface area (TPSA) is 37.3 Å². The van der Waals surface area contributed by atoms with Gasteiger partial charge in [-0.2, -0.15) is 0 Å². The van der Waals surface area contributed by atoms with Crippen molar-refractivity contribution < 1.29 is 40.9 Å². The molecule has 0 bridgehead atoms. The molecule has 0 radical (unpaired) electrons. The molecular formula is C19H31NaO2. The summed E-state index contributed by atoms with van der Waals surface area (Å²) in [6, 6.07) is 0. The molecule has 2 unspecified atom stereocenters. The summed E-state index contributed by atoms with van der Waals surface area (Å²) in [4.78, 5) is 12.4. The summed E-state index contributed by atoms with van der Waals surface area (Å²) >= 11 is 0. The Labute approximate surface area is 158 Å². The van der Waals surface area contributed by atoms with E-state index < -0.39 is 0 Å². The van der Waals surface area contributed by atoms with Crippen LogP contribution >= 0.6 is 0 Å². The van der Waals surface area contributed by atoms with Gasteiger partial charge in [0.15, 0.2) is 0 Å². The summed E-state index contributed by atoms with van der Waals surface area (Å²) < 4.78 is 0. The number of aliphatic hydroxyl groups is 1. The van der Waals surface area contributed by atoms with Crippen molar-refractivity contribution in [3.8, 4) is 0 Å². The Morgan fingerprint density at radius 3 is 2.59 bits per heavy atom. The van der Waals surface area contributed by atoms with E-state index in [0.717, 1.165) is 49.9 Å². The number of rotatable bonds is 0. The summed E-state index contributed by atoms with van der Waals surface area (Å²) in [5, 5.41) is 10.0. The molecule has 0 amide bonds. The van der Waals surface area contributed by atoms with Crippen LogP contribution in [0.5, 0.6) is 0 Å². The average Bonchev–Trinajstić information content (AvgIpc) is 2.76. The molecular weight excluding hydrogens is 283 g/mol. The quantitative estimate of drug-likeness (QED) is 0.679. The molecule has 22 heavy (non-hydrogen) atoms. The largest absolute Gasteiger partial charge is 1.00 e. The number of hydrogen-bond donors (Lipinski definition) is 1. The van der Waals surface area contributed by atoms with Crippen molar-refractivity contribution in [1.82, 2.24) is 0 Å². The van der Waals surface area contributed by atoms with E-state index in [1.807, 2.05) is 0 Å². The van der Waals surface area contributed by atoms with Gasteiger partial charge >= 0.3 is 29.6 Å². The number of fused-ring (bicyclic) bond motifs is 5. The van der Waals surface area contributed by atoms with Gasteiger partial charge in [-0.15, -0.1) is 0 Å². The monoisotopic (exact) mass is 314 g/mol. The Hall–Kier alpha value is 0.630. The van der Waals surface area contributed by atoms with Crippen LogP contribution in [0.3, 0.4) is 0 Å². The van der Waals surface area contributed by atoms with Crippen LogP contribution in [0.1, 0.15) is 73.1 Å². The molecule has 0 saturated heterocycles. The standard InChI is InChI=1S/C19H30O2.Na.H/c1-18-9-7-13(20)11-12(18)3-4-14-15-5-6-17(21)19(15,2)10-8-16(14)18;;/h12-16,20H,3-11H2,1-2H3;;/q;+1;-1/t12?,13-,14-,15?,16-,18+,19+;;/m1../s1. The molecule has 4 fully saturated rings. The SMILES string of the molecule is C[C@]12CC[C@@H](O)CC1CC[C@@H]1C3CCC(=O)[C@@]3(C)CC[C@H]12.[H-].[Na+]. The van der Waals surface area contributed by atoms with Crippen molar-refractivity contribution in [3.05, 3.63) is 0 Å². The fourth-order valence-electron chi connectivity index (χ4n) is 7.01. The van der Waals surface area contributed by atoms with Crippen LogP contribution < -0.4 is 29.6 Å². The number of carbonyl (C=O) groups excluding carboxylic acids is 1. The summed E-state index contributed by atoms with van der Waals surface area (Å²) in [5.74, 6) is 3.54. The second-order valence-electron chi connectivity index (χ2n) is 9.00. The minimum Gasteiger partial charge on any atom is -1.00 e. The Balaban J connectivity index is 0.000000960. The third-order valence-corrected chi connectivity index (χ3v) is 8.35. The van der Waals surface area contributed by atoms with Crippen molar-refractivity contribution in [1.29, 1.82) is 0 Å². The number of carbonyl (C=O) groups is 1. The van der Waals surface area contributed by atoms with Gasteiger partial charge in [0.1, 0.15) is 5.78 Å². The van der Waals surface area contributed by atoms with Crippen molar-refractivity contribution in [2.24, 2.45) is 34.5 Å². The molecule has 7 atom stereocenters. The Kier molecular flexibility index (Phi) is 4.65. The van der Waals surface area contributed by atoms with Crippen molar-refractivity contribution in [2.45, 2.75) is 77.7 Å². The van der Waals surface area contributed by atoms with Crippen LogP contribution in [0, 0.1) is 34.5 Å². The van der Waals surface area contributed by atoms with Gasteiger partial charge in [-0.1, -0.05) is 13.8 Å². The molecule has 0 aromatic carbocycles. The first kappa shape index (κ1) is 17.5. The van der Waals surface area contributed by atoms with Crippen LogP contribution in [0.15, 0.2) is 0 Å². The Morgan fingerprint density at radius 2 is 1.82 bits per heavy atom. The minimum absolute atomic E-state index is 0. The Bertz CT molecular complexity index is 470. The summed E-state index contributed by atoms with van der Waals surface area (Å²) in [5.41, 5.74) is 0.452. The first-order chi connectivity index (χ1) is 9.95. The zero-order chi connectivity index (χ0) is 14.8. The van der Waals surface area contributed by atoms with Gasteiger partial charge in [0.05, 0.1) is 6.10 Å². The predicted octanol–water partition coefficient (Wildman–Crippen LogP) is 1.08. The van der Waals surface area contributed by atoms with E-state index in [0.29, 0.717) is 17.1 Å². The van der Waals surface area contributed by atoms with Crippen LogP contribution in [0.2, 0.25) is 0 Å². The molecule has 0 spiro atoms. The van der Waals surface area contributed by atoms with Crippen LogP contribution in [-0.2, 0) is 4.79 Å². The predicted molar refractivity (Wildman–Crippen MR) is 83.9 cm³/mol. The first-order valence-electron chi connectivity index (χ1n) is 9.16. The molecule has 0 aromatic heterocycles. The maximum absolute atomic E-state index is 12.4. The molecule has 3 heteroatoms. The molecule has 4 rings (SSSR count). The second kappa shape index (κ2) is 5.86. The zero-order valence-electron chi connectivity index (χ0n) is 15.6. The van der Waals surface area contributed by atoms with Gasteiger partial charge in [-0.05, 0) is 80.5 Å². The zero-order valence-corrected chi connectivity index (χ0v) is 16.6. The normalized spacial score (nSPS) is 54.0.